The van der Waals surface area contributed by atoms with Crippen LogP contribution in [0.2, 0.25) is 0 Å². The molecule has 1 aromatic carbocycles. The molecule has 2 aliphatic heterocycles. The van der Waals surface area contributed by atoms with Gasteiger partial charge in [-0.15, -0.1) is 0 Å². The van der Waals surface area contributed by atoms with Gasteiger partial charge in [0, 0.05) is 31.7 Å². The summed E-state index contributed by atoms with van der Waals surface area (Å²) in [6, 6.07) is 10.7. The summed E-state index contributed by atoms with van der Waals surface area (Å²) in [6.45, 7) is 7.25. The van der Waals surface area contributed by atoms with E-state index in [0.717, 1.165) is 52.2 Å². The second kappa shape index (κ2) is 7.32. The number of hydrogen-bond acceptors (Lipinski definition) is 4. The third kappa shape index (κ3) is 3.35. The quantitative estimate of drug-likeness (QED) is 0.858. The zero-order valence-electron chi connectivity index (χ0n) is 13.9. The van der Waals surface area contributed by atoms with Gasteiger partial charge in [-0.05, 0) is 25.3 Å². The maximum Gasteiger partial charge on any atom is 0.409 e. The molecule has 0 saturated carbocycles. The molecule has 0 aromatic heterocycles. The molecule has 126 valence electrons. The van der Waals surface area contributed by atoms with Gasteiger partial charge in [0.1, 0.15) is 0 Å². The summed E-state index contributed by atoms with van der Waals surface area (Å²) in [5.41, 5.74) is 1.36. The minimum Gasteiger partial charge on any atom is -0.450 e. The molecule has 0 unspecified atom stereocenters. The highest BCUT2D eigenvalue weighted by Crippen LogP contribution is 2.39. The highest BCUT2D eigenvalue weighted by molar-refractivity contribution is 5.67. The van der Waals surface area contributed by atoms with Gasteiger partial charge in [0.2, 0.25) is 0 Å². The predicted molar refractivity (Wildman–Crippen MR) is 88.3 cm³/mol. The van der Waals surface area contributed by atoms with Crippen LogP contribution in [0.25, 0.3) is 0 Å². The molecule has 2 aliphatic rings. The minimum absolute atomic E-state index is 0.00797. The molecule has 0 aliphatic carbocycles. The Morgan fingerprint density at radius 1 is 1.13 bits per heavy atom. The number of carbonyl (C=O) groups is 1. The predicted octanol–water partition coefficient (Wildman–Crippen LogP) is 2.47. The summed E-state index contributed by atoms with van der Waals surface area (Å²) < 4.78 is 10.7. The van der Waals surface area contributed by atoms with Crippen molar-refractivity contribution >= 4 is 6.09 Å². The van der Waals surface area contributed by atoms with Gasteiger partial charge >= 0.3 is 6.09 Å². The number of amides is 1. The number of morpholine rings is 1. The molecule has 23 heavy (non-hydrogen) atoms. The van der Waals surface area contributed by atoms with E-state index in [-0.39, 0.29) is 11.6 Å². The van der Waals surface area contributed by atoms with E-state index in [9.17, 15) is 4.79 Å². The van der Waals surface area contributed by atoms with E-state index >= 15 is 0 Å². The smallest absolute Gasteiger partial charge is 0.409 e. The van der Waals surface area contributed by atoms with Crippen LogP contribution in [0.5, 0.6) is 0 Å². The van der Waals surface area contributed by atoms with E-state index in [4.69, 9.17) is 9.47 Å². The largest absolute Gasteiger partial charge is 0.450 e. The Morgan fingerprint density at radius 2 is 1.78 bits per heavy atom. The lowest BCUT2D eigenvalue weighted by Crippen LogP contribution is -2.57. The molecule has 5 heteroatoms. The van der Waals surface area contributed by atoms with Crippen molar-refractivity contribution in [2.45, 2.75) is 25.3 Å². The van der Waals surface area contributed by atoms with Crippen LogP contribution >= 0.6 is 0 Å². The lowest BCUT2D eigenvalue weighted by molar-refractivity contribution is -0.0498. The van der Waals surface area contributed by atoms with Crippen LogP contribution in [-0.4, -0.2) is 61.9 Å². The molecule has 2 fully saturated rings. The lowest BCUT2D eigenvalue weighted by Gasteiger charge is -2.50. The van der Waals surface area contributed by atoms with Crippen molar-refractivity contribution < 1.29 is 14.3 Å². The lowest BCUT2D eigenvalue weighted by atomic mass is 9.79. The maximum atomic E-state index is 12.0. The average Bonchev–Trinajstić information content (AvgIpc) is 2.63. The Balaban J connectivity index is 1.80. The number of rotatable bonds is 3. The van der Waals surface area contributed by atoms with E-state index in [1.54, 1.807) is 0 Å². The van der Waals surface area contributed by atoms with Crippen molar-refractivity contribution in [3.05, 3.63) is 35.9 Å². The Bertz CT molecular complexity index is 506. The van der Waals surface area contributed by atoms with Gasteiger partial charge in [-0.1, -0.05) is 30.3 Å². The summed E-state index contributed by atoms with van der Waals surface area (Å²) in [4.78, 5) is 16.4. The first-order chi connectivity index (χ1) is 11.3. The molecule has 3 rings (SSSR count). The van der Waals surface area contributed by atoms with Gasteiger partial charge in [0.15, 0.2) is 0 Å². The van der Waals surface area contributed by atoms with Crippen molar-refractivity contribution in [1.82, 2.24) is 9.80 Å². The standard InChI is InChI=1S/C18H26N2O3/c1-2-23-17(21)19-10-8-18(9-11-19,16-6-4-3-5-7-16)20-12-14-22-15-13-20/h3-7H,2,8-15H2,1H3. The van der Waals surface area contributed by atoms with Gasteiger partial charge in [0.05, 0.1) is 19.8 Å². The zero-order chi connectivity index (χ0) is 16.1. The number of ether oxygens (including phenoxy) is 2. The molecule has 0 spiro atoms. The topological polar surface area (TPSA) is 42.0 Å². The SMILES string of the molecule is CCOC(=O)N1CCC(c2ccccc2)(N2CCOCC2)CC1. The third-order valence-electron chi connectivity index (χ3n) is 5.04. The highest BCUT2D eigenvalue weighted by atomic mass is 16.6. The van der Waals surface area contributed by atoms with Gasteiger partial charge in [-0.3, -0.25) is 4.90 Å². The van der Waals surface area contributed by atoms with Gasteiger partial charge < -0.3 is 14.4 Å². The molecule has 0 bridgehead atoms. The van der Waals surface area contributed by atoms with Crippen molar-refractivity contribution in [3.63, 3.8) is 0 Å². The van der Waals surface area contributed by atoms with Gasteiger partial charge in [0.25, 0.3) is 0 Å². The molecule has 0 N–H and O–H groups in total. The molecule has 1 amide bonds. The second-order valence-corrected chi connectivity index (χ2v) is 6.18. The monoisotopic (exact) mass is 318 g/mol. The number of carbonyl (C=O) groups excluding carboxylic acids is 1. The fraction of sp³-hybridized carbons (Fsp3) is 0.611. The van der Waals surface area contributed by atoms with Gasteiger partial charge in [-0.25, -0.2) is 4.79 Å². The van der Waals surface area contributed by atoms with Crippen LogP contribution in [0.1, 0.15) is 25.3 Å². The summed E-state index contributed by atoms with van der Waals surface area (Å²) in [5.74, 6) is 0. The van der Waals surface area contributed by atoms with Gasteiger partial charge in [-0.2, -0.15) is 0 Å². The van der Waals surface area contributed by atoms with Crippen LogP contribution in [-0.2, 0) is 15.0 Å². The van der Waals surface area contributed by atoms with Crippen LogP contribution < -0.4 is 0 Å². The number of likely N-dealkylation sites (tertiary alicyclic amines) is 1. The van der Waals surface area contributed by atoms with Crippen LogP contribution in [0.15, 0.2) is 30.3 Å². The fourth-order valence-corrected chi connectivity index (χ4v) is 3.80. The first-order valence-electron chi connectivity index (χ1n) is 8.56. The molecule has 2 saturated heterocycles. The van der Waals surface area contributed by atoms with E-state index in [0.29, 0.717) is 6.61 Å². The Labute approximate surface area is 138 Å². The Hall–Kier alpha value is -1.59. The molecular weight excluding hydrogens is 292 g/mol. The normalized spacial score (nSPS) is 21.9. The number of benzene rings is 1. The van der Waals surface area contributed by atoms with E-state index in [1.807, 2.05) is 11.8 Å². The van der Waals surface area contributed by atoms with Crippen LogP contribution in [0, 0.1) is 0 Å². The van der Waals surface area contributed by atoms with Crippen LogP contribution in [0.4, 0.5) is 4.79 Å². The minimum atomic E-state index is -0.184. The number of piperidine rings is 1. The number of hydrogen-bond donors (Lipinski definition) is 0. The summed E-state index contributed by atoms with van der Waals surface area (Å²) >= 11 is 0. The first-order valence-corrected chi connectivity index (χ1v) is 8.56. The zero-order valence-corrected chi connectivity index (χ0v) is 13.9. The number of nitrogens with zero attached hydrogens (tertiary/aromatic N) is 2. The molecule has 0 atom stereocenters. The van der Waals surface area contributed by atoms with Crippen LogP contribution in [0.3, 0.4) is 0 Å². The van der Waals surface area contributed by atoms with Crippen molar-refractivity contribution in [2.24, 2.45) is 0 Å². The molecule has 1 aromatic rings. The first kappa shape index (κ1) is 16.3. The van der Waals surface area contributed by atoms with Crippen molar-refractivity contribution in [2.75, 3.05) is 46.0 Å². The fourth-order valence-electron chi connectivity index (χ4n) is 3.80. The average molecular weight is 318 g/mol. The highest BCUT2D eigenvalue weighted by Gasteiger charge is 2.42. The van der Waals surface area contributed by atoms with E-state index in [1.165, 1.54) is 5.56 Å². The van der Waals surface area contributed by atoms with E-state index < -0.39 is 0 Å². The molecule has 2 heterocycles. The molecule has 5 nitrogen and oxygen atoms in total. The van der Waals surface area contributed by atoms with E-state index in [2.05, 4.69) is 35.2 Å². The molecule has 0 radical (unpaired) electrons. The molecular formula is C18H26N2O3. The third-order valence-corrected chi connectivity index (χ3v) is 5.04. The summed E-state index contributed by atoms with van der Waals surface area (Å²) in [6.07, 6.45) is 1.70. The Kier molecular flexibility index (Phi) is 5.18. The van der Waals surface area contributed by atoms with Crippen molar-refractivity contribution in [3.8, 4) is 0 Å². The maximum absolute atomic E-state index is 12.0. The second-order valence-electron chi connectivity index (χ2n) is 6.18. The summed E-state index contributed by atoms with van der Waals surface area (Å²) in [5, 5.41) is 0. The van der Waals surface area contributed by atoms with Crippen molar-refractivity contribution in [1.29, 1.82) is 0 Å². The summed E-state index contributed by atoms with van der Waals surface area (Å²) in [7, 11) is 0. The Morgan fingerprint density at radius 3 is 2.39 bits per heavy atom.